The van der Waals surface area contributed by atoms with Crippen molar-refractivity contribution in [3.63, 3.8) is 0 Å². The fourth-order valence-electron chi connectivity index (χ4n) is 2.50. The number of hydrogen-bond donors (Lipinski definition) is 0. The molecule has 0 bridgehead atoms. The smallest absolute Gasteiger partial charge is 0.387 e. The Morgan fingerprint density at radius 3 is 2.72 bits per heavy atom. The number of Topliss-reactive ketones (excluding diaryl/α,β-unsaturated/α-hetero) is 1. The van der Waals surface area contributed by atoms with Crippen LogP contribution in [0.15, 0.2) is 46.9 Å². The van der Waals surface area contributed by atoms with E-state index in [1.165, 1.54) is 43.1 Å². The van der Waals surface area contributed by atoms with Crippen molar-refractivity contribution in [2.45, 2.75) is 11.5 Å². The highest BCUT2D eigenvalue weighted by molar-refractivity contribution is 7.99. The van der Waals surface area contributed by atoms with Crippen molar-refractivity contribution in [2.75, 3.05) is 12.9 Å². The number of halogens is 3. The van der Waals surface area contributed by atoms with Crippen molar-refractivity contribution in [3.05, 3.63) is 58.9 Å². The number of alkyl halides is 2. The third kappa shape index (κ3) is 3.66. The Kier molecular flexibility index (Phi) is 5.03. The predicted molar refractivity (Wildman–Crippen MR) is 89.1 cm³/mol. The van der Waals surface area contributed by atoms with Gasteiger partial charge in [-0.15, -0.1) is 11.8 Å². The van der Waals surface area contributed by atoms with Gasteiger partial charge < -0.3 is 9.47 Å². The summed E-state index contributed by atoms with van der Waals surface area (Å²) >= 11 is 1.25. The minimum atomic E-state index is -2.96. The zero-order valence-electron chi connectivity index (χ0n) is 13.1. The minimum Gasteiger partial charge on any atom is -0.493 e. The summed E-state index contributed by atoms with van der Waals surface area (Å²) in [6.45, 7) is -2.96. The van der Waals surface area contributed by atoms with E-state index in [0.29, 0.717) is 27.3 Å². The lowest BCUT2D eigenvalue weighted by Gasteiger charge is -2.17. The molecule has 0 aliphatic carbocycles. The number of ketones is 1. The molecule has 0 N–H and O–H groups in total. The predicted octanol–water partition coefficient (Wildman–Crippen LogP) is 4.81. The number of hydrogen-bond acceptors (Lipinski definition) is 4. The quantitative estimate of drug-likeness (QED) is 0.728. The highest BCUT2D eigenvalue weighted by Crippen LogP contribution is 2.36. The maximum absolute atomic E-state index is 13.8. The van der Waals surface area contributed by atoms with E-state index < -0.39 is 12.4 Å². The molecule has 0 amide bonds. The first kappa shape index (κ1) is 17.4. The number of carbonyl (C=O) groups is 1. The van der Waals surface area contributed by atoms with E-state index in [2.05, 4.69) is 4.74 Å². The van der Waals surface area contributed by atoms with Gasteiger partial charge in [0.05, 0.1) is 12.0 Å². The molecule has 0 saturated heterocycles. The molecule has 1 aliphatic heterocycles. The average Bonchev–Trinajstić information content (AvgIpc) is 2.59. The lowest BCUT2D eigenvalue weighted by molar-refractivity contribution is -0.0512. The molecular formula is C18H13F3O3S. The molecule has 130 valence electrons. The van der Waals surface area contributed by atoms with Gasteiger partial charge in [0, 0.05) is 16.9 Å². The molecule has 2 aromatic rings. The molecule has 0 spiro atoms. The van der Waals surface area contributed by atoms with E-state index in [-0.39, 0.29) is 17.3 Å². The average molecular weight is 366 g/mol. The van der Waals surface area contributed by atoms with Gasteiger partial charge in [-0.3, -0.25) is 4.79 Å². The highest BCUT2D eigenvalue weighted by atomic mass is 32.2. The fraction of sp³-hybridized carbons (Fsp3) is 0.167. The van der Waals surface area contributed by atoms with Gasteiger partial charge in [0.2, 0.25) is 0 Å². The fourth-order valence-corrected chi connectivity index (χ4v) is 3.53. The maximum Gasteiger partial charge on any atom is 0.387 e. The molecule has 3 nitrogen and oxygen atoms in total. The van der Waals surface area contributed by atoms with Crippen LogP contribution in [0.4, 0.5) is 13.2 Å². The summed E-state index contributed by atoms with van der Waals surface area (Å²) in [7, 11) is 1.34. The summed E-state index contributed by atoms with van der Waals surface area (Å²) in [6.07, 6.45) is 1.64. The minimum absolute atomic E-state index is 0.0867. The first-order valence-electron chi connectivity index (χ1n) is 7.29. The molecule has 7 heteroatoms. The molecule has 1 aliphatic rings. The van der Waals surface area contributed by atoms with Crippen LogP contribution in [0.3, 0.4) is 0 Å². The van der Waals surface area contributed by atoms with Crippen molar-refractivity contribution in [1.82, 2.24) is 0 Å². The van der Waals surface area contributed by atoms with Crippen LogP contribution in [-0.2, 0) is 0 Å². The Balaban J connectivity index is 1.92. The summed E-state index contributed by atoms with van der Waals surface area (Å²) in [5.74, 6) is -0.289. The highest BCUT2D eigenvalue weighted by Gasteiger charge is 2.24. The summed E-state index contributed by atoms with van der Waals surface area (Å²) in [5, 5.41) is 0. The Bertz CT molecular complexity index is 849. The molecule has 1 heterocycles. The first-order chi connectivity index (χ1) is 12.0. The Morgan fingerprint density at radius 2 is 2.00 bits per heavy atom. The third-order valence-corrected chi connectivity index (χ3v) is 4.78. The molecule has 3 rings (SSSR count). The Labute approximate surface area is 146 Å². The zero-order valence-corrected chi connectivity index (χ0v) is 13.9. The number of fused-ring (bicyclic) bond motifs is 1. The monoisotopic (exact) mass is 366 g/mol. The van der Waals surface area contributed by atoms with E-state index in [9.17, 15) is 18.0 Å². The molecule has 0 aromatic heterocycles. The molecular weight excluding hydrogens is 353 g/mol. The van der Waals surface area contributed by atoms with E-state index in [1.807, 2.05) is 0 Å². The normalized spacial score (nSPS) is 15.4. The van der Waals surface area contributed by atoms with Crippen LogP contribution in [-0.4, -0.2) is 25.3 Å². The van der Waals surface area contributed by atoms with Crippen LogP contribution in [0.5, 0.6) is 11.5 Å². The van der Waals surface area contributed by atoms with Crippen LogP contribution in [0, 0.1) is 5.82 Å². The molecule has 0 unspecified atom stereocenters. The van der Waals surface area contributed by atoms with Crippen molar-refractivity contribution in [2.24, 2.45) is 0 Å². The topological polar surface area (TPSA) is 35.5 Å². The lowest BCUT2D eigenvalue weighted by Crippen LogP contribution is -2.13. The van der Waals surface area contributed by atoms with Gasteiger partial charge in [-0.2, -0.15) is 8.78 Å². The SMILES string of the molecule is COc1cc(/C=C2\CSc3c(F)cccc3C2=O)ccc1OC(F)F. The van der Waals surface area contributed by atoms with Crippen LogP contribution in [0.25, 0.3) is 6.08 Å². The Morgan fingerprint density at radius 1 is 1.20 bits per heavy atom. The number of rotatable bonds is 4. The number of benzene rings is 2. The van der Waals surface area contributed by atoms with Crippen LogP contribution < -0.4 is 9.47 Å². The van der Waals surface area contributed by atoms with E-state index in [1.54, 1.807) is 18.2 Å². The summed E-state index contributed by atoms with van der Waals surface area (Å²) in [4.78, 5) is 12.9. The number of carbonyl (C=O) groups excluding carboxylic acids is 1. The van der Waals surface area contributed by atoms with E-state index in [0.717, 1.165) is 0 Å². The van der Waals surface area contributed by atoms with Gasteiger partial charge in [0.15, 0.2) is 17.3 Å². The number of ether oxygens (including phenoxy) is 2. The number of methoxy groups -OCH3 is 1. The second kappa shape index (κ2) is 7.23. The summed E-state index contributed by atoms with van der Waals surface area (Å²) in [6, 6.07) is 8.80. The molecule has 0 radical (unpaired) electrons. The largest absolute Gasteiger partial charge is 0.493 e. The standard InChI is InChI=1S/C18H13F3O3S/c1-23-15-8-10(5-6-14(15)24-18(20)21)7-11-9-25-17-12(16(11)22)3-2-4-13(17)19/h2-8,18H,9H2,1H3/b11-7+. The molecule has 0 fully saturated rings. The molecule has 25 heavy (non-hydrogen) atoms. The van der Waals surface area contributed by atoms with Crippen LogP contribution in [0.1, 0.15) is 15.9 Å². The maximum atomic E-state index is 13.8. The van der Waals surface area contributed by atoms with Gasteiger partial charge in [0.25, 0.3) is 0 Å². The third-order valence-electron chi connectivity index (χ3n) is 3.62. The van der Waals surface area contributed by atoms with Gasteiger partial charge >= 0.3 is 6.61 Å². The molecule has 2 aromatic carbocycles. The summed E-state index contributed by atoms with van der Waals surface area (Å²) in [5.41, 5.74) is 1.42. The van der Waals surface area contributed by atoms with Crippen molar-refractivity contribution < 1.29 is 27.4 Å². The van der Waals surface area contributed by atoms with Gasteiger partial charge in [-0.05, 0) is 35.9 Å². The zero-order chi connectivity index (χ0) is 18.0. The van der Waals surface area contributed by atoms with Crippen molar-refractivity contribution in [3.8, 4) is 11.5 Å². The Hall–Kier alpha value is -2.41. The van der Waals surface area contributed by atoms with Crippen LogP contribution in [0.2, 0.25) is 0 Å². The second-order valence-corrected chi connectivity index (χ2v) is 6.18. The van der Waals surface area contributed by atoms with E-state index >= 15 is 0 Å². The lowest BCUT2D eigenvalue weighted by atomic mass is 10.0. The van der Waals surface area contributed by atoms with Crippen LogP contribution >= 0.6 is 11.8 Å². The molecule has 0 saturated carbocycles. The first-order valence-corrected chi connectivity index (χ1v) is 8.27. The summed E-state index contributed by atoms with van der Waals surface area (Å²) < 4.78 is 47.9. The van der Waals surface area contributed by atoms with Gasteiger partial charge in [-0.1, -0.05) is 12.1 Å². The molecule has 0 atom stereocenters. The van der Waals surface area contributed by atoms with Crippen molar-refractivity contribution >= 4 is 23.6 Å². The second-order valence-electron chi connectivity index (χ2n) is 5.19. The van der Waals surface area contributed by atoms with E-state index in [4.69, 9.17) is 4.74 Å². The van der Waals surface area contributed by atoms with Crippen molar-refractivity contribution in [1.29, 1.82) is 0 Å². The number of thioether (sulfide) groups is 1. The van der Waals surface area contributed by atoms with Gasteiger partial charge in [0.1, 0.15) is 5.82 Å². The van der Waals surface area contributed by atoms with Gasteiger partial charge in [-0.25, -0.2) is 4.39 Å².